The molecule has 0 aliphatic heterocycles. The molecule has 2 heterocycles. The van der Waals surface area contributed by atoms with E-state index in [4.69, 9.17) is 5.73 Å². The van der Waals surface area contributed by atoms with Gasteiger partial charge >= 0.3 is 0 Å². The Kier molecular flexibility index (Phi) is 5.80. The molecule has 2 rings (SSSR count). The fourth-order valence-corrected chi connectivity index (χ4v) is 3.66. The van der Waals surface area contributed by atoms with E-state index in [1.807, 2.05) is 37.4 Å². The molecule has 0 bridgehead atoms. The summed E-state index contributed by atoms with van der Waals surface area (Å²) in [6.45, 7) is 3.74. The molecule has 0 aliphatic carbocycles. The number of rotatable bonds is 5. The van der Waals surface area contributed by atoms with E-state index in [-0.39, 0.29) is 34.6 Å². The molecule has 0 radical (unpaired) electrons. The summed E-state index contributed by atoms with van der Waals surface area (Å²) in [4.78, 5) is 16.7. The van der Waals surface area contributed by atoms with Crippen LogP contribution in [-0.2, 0) is 4.79 Å². The highest BCUT2D eigenvalue weighted by Crippen LogP contribution is 2.37. The molecule has 2 aromatic heterocycles. The zero-order chi connectivity index (χ0) is 17.7. The average Bonchev–Trinajstić information content (AvgIpc) is 3.05. The van der Waals surface area contributed by atoms with Crippen LogP contribution in [0.5, 0.6) is 0 Å². The van der Waals surface area contributed by atoms with Gasteiger partial charge in [0, 0.05) is 16.5 Å². The minimum absolute atomic E-state index is 0.0363. The van der Waals surface area contributed by atoms with Gasteiger partial charge in [0.05, 0.1) is 11.3 Å². The number of anilines is 1. The molecule has 0 fully saturated rings. The third kappa shape index (κ3) is 3.85. The Morgan fingerprint density at radius 1 is 1.42 bits per heavy atom. The molecule has 0 aliphatic rings. The Labute approximate surface area is 148 Å². The number of nitrogen functional groups attached to an aromatic ring is 1. The van der Waals surface area contributed by atoms with Crippen LogP contribution in [0.2, 0.25) is 0 Å². The second-order valence-electron chi connectivity index (χ2n) is 5.14. The second-order valence-corrected chi connectivity index (χ2v) is 7.05. The summed E-state index contributed by atoms with van der Waals surface area (Å²) in [5.41, 5.74) is 6.83. The topological polar surface area (TPSA) is 116 Å². The van der Waals surface area contributed by atoms with Crippen LogP contribution in [0.15, 0.2) is 22.5 Å². The smallest absolute Gasteiger partial charge is 0.230 e. The summed E-state index contributed by atoms with van der Waals surface area (Å²) in [5.74, 6) is 0.0303. The second kappa shape index (κ2) is 7.82. The molecule has 0 spiro atoms. The molecule has 3 N–H and O–H groups in total. The number of nitrogens with zero attached hydrogens (tertiary/aromatic N) is 3. The Morgan fingerprint density at radius 3 is 2.67 bits per heavy atom. The largest absolute Gasteiger partial charge is 0.383 e. The molecule has 0 saturated carbocycles. The number of hydrogen-bond acceptors (Lipinski definition) is 7. The normalized spacial score (nSPS) is 10.2. The Balaban J connectivity index is 2.45. The number of carbonyl (C=O) groups is 1. The number of pyridine rings is 1. The van der Waals surface area contributed by atoms with Crippen molar-refractivity contribution >= 4 is 34.8 Å². The lowest BCUT2D eigenvalue weighted by Gasteiger charge is -2.12. The van der Waals surface area contributed by atoms with Crippen molar-refractivity contribution in [3.63, 3.8) is 0 Å². The Hall–Kier alpha value is -2.55. The molecule has 24 heavy (non-hydrogen) atoms. The average molecular weight is 357 g/mol. The summed E-state index contributed by atoms with van der Waals surface area (Å²) in [7, 11) is 0. The summed E-state index contributed by atoms with van der Waals surface area (Å²) in [6, 6.07) is 7.82. The van der Waals surface area contributed by atoms with E-state index >= 15 is 0 Å². The molecular weight excluding hydrogens is 342 g/mol. The molecule has 0 atom stereocenters. The van der Waals surface area contributed by atoms with Gasteiger partial charge in [-0.25, -0.2) is 4.98 Å². The third-order valence-corrected chi connectivity index (χ3v) is 4.84. The fourth-order valence-electron chi connectivity index (χ4n) is 2.07. The number of thioether (sulfide) groups is 1. The SMILES string of the molecule is CC(C)NC(=O)CSc1nc(N)c(C#N)c(-c2cccs2)c1C#N. The Bertz CT molecular complexity index is 832. The molecule has 0 saturated heterocycles. The van der Waals surface area contributed by atoms with E-state index < -0.39 is 0 Å². The van der Waals surface area contributed by atoms with Crippen LogP contribution in [0.3, 0.4) is 0 Å². The standard InChI is InChI=1S/C16H15N5OS2/c1-9(2)20-13(22)8-24-16-11(7-18)14(12-4-3-5-23-12)10(6-17)15(19)21-16/h3-5,9H,8H2,1-2H3,(H2,19,21)(H,20,22). The number of nitriles is 2. The van der Waals surface area contributed by atoms with Gasteiger partial charge in [-0.3, -0.25) is 4.79 Å². The van der Waals surface area contributed by atoms with Crippen molar-refractivity contribution < 1.29 is 4.79 Å². The van der Waals surface area contributed by atoms with Crippen LogP contribution < -0.4 is 11.1 Å². The third-order valence-electron chi connectivity index (χ3n) is 2.97. The summed E-state index contributed by atoms with van der Waals surface area (Å²) >= 11 is 2.55. The lowest BCUT2D eigenvalue weighted by atomic mass is 10.0. The van der Waals surface area contributed by atoms with Crippen LogP contribution in [0, 0.1) is 22.7 Å². The molecular formula is C16H15N5OS2. The molecule has 8 heteroatoms. The van der Waals surface area contributed by atoms with Crippen LogP contribution in [0.25, 0.3) is 10.4 Å². The van der Waals surface area contributed by atoms with E-state index in [2.05, 4.69) is 16.4 Å². The quantitative estimate of drug-likeness (QED) is 0.795. The van der Waals surface area contributed by atoms with Gasteiger partial charge in [0.25, 0.3) is 0 Å². The number of carbonyl (C=O) groups excluding carboxylic acids is 1. The van der Waals surface area contributed by atoms with Gasteiger partial charge in [-0.1, -0.05) is 17.8 Å². The predicted octanol–water partition coefficient (Wildman–Crippen LogP) is 2.75. The van der Waals surface area contributed by atoms with E-state index in [0.717, 1.165) is 16.6 Å². The van der Waals surface area contributed by atoms with E-state index in [0.29, 0.717) is 10.6 Å². The van der Waals surface area contributed by atoms with E-state index in [1.54, 1.807) is 0 Å². The maximum absolute atomic E-state index is 11.8. The van der Waals surface area contributed by atoms with Crippen molar-refractivity contribution in [2.45, 2.75) is 24.9 Å². The first kappa shape index (κ1) is 17.8. The molecule has 1 amide bonds. The van der Waals surface area contributed by atoms with Crippen molar-refractivity contribution in [2.75, 3.05) is 11.5 Å². The monoisotopic (exact) mass is 357 g/mol. The lowest BCUT2D eigenvalue weighted by Crippen LogP contribution is -2.31. The first-order valence-electron chi connectivity index (χ1n) is 7.07. The number of nitrogens with one attached hydrogen (secondary N) is 1. The number of nitrogens with two attached hydrogens (primary N) is 1. The molecule has 122 valence electrons. The van der Waals surface area contributed by atoms with E-state index in [1.165, 1.54) is 11.3 Å². The van der Waals surface area contributed by atoms with Gasteiger partial charge in [-0.15, -0.1) is 11.3 Å². The minimum atomic E-state index is -0.152. The van der Waals surface area contributed by atoms with Gasteiger partial charge in [0.15, 0.2) is 0 Å². The molecule has 0 aromatic carbocycles. The first-order chi connectivity index (χ1) is 11.5. The van der Waals surface area contributed by atoms with Crippen molar-refractivity contribution in [1.29, 1.82) is 10.5 Å². The number of amides is 1. The highest BCUT2D eigenvalue weighted by Gasteiger charge is 2.21. The minimum Gasteiger partial charge on any atom is -0.383 e. The van der Waals surface area contributed by atoms with Gasteiger partial charge in [0.1, 0.15) is 28.5 Å². The molecule has 0 unspecified atom stereocenters. The first-order valence-corrected chi connectivity index (χ1v) is 8.94. The van der Waals surface area contributed by atoms with Gasteiger partial charge in [0.2, 0.25) is 5.91 Å². The lowest BCUT2D eigenvalue weighted by molar-refractivity contribution is -0.119. The Morgan fingerprint density at radius 2 is 2.12 bits per heavy atom. The maximum Gasteiger partial charge on any atom is 0.230 e. The van der Waals surface area contributed by atoms with E-state index in [9.17, 15) is 15.3 Å². The van der Waals surface area contributed by atoms with Crippen molar-refractivity contribution in [1.82, 2.24) is 10.3 Å². The van der Waals surface area contributed by atoms with Gasteiger partial charge < -0.3 is 11.1 Å². The zero-order valence-corrected chi connectivity index (χ0v) is 14.8. The molecule has 6 nitrogen and oxygen atoms in total. The van der Waals surface area contributed by atoms with Gasteiger partial charge in [-0.2, -0.15) is 10.5 Å². The zero-order valence-electron chi connectivity index (χ0n) is 13.2. The predicted molar refractivity (Wildman–Crippen MR) is 95.4 cm³/mol. The highest BCUT2D eigenvalue weighted by atomic mass is 32.2. The van der Waals surface area contributed by atoms with Crippen LogP contribution in [0.1, 0.15) is 25.0 Å². The van der Waals surface area contributed by atoms with Crippen LogP contribution >= 0.6 is 23.1 Å². The van der Waals surface area contributed by atoms with Crippen molar-refractivity contribution in [2.24, 2.45) is 0 Å². The summed E-state index contributed by atoms with van der Waals surface area (Å²) in [5, 5.41) is 23.9. The fraction of sp³-hybridized carbons (Fsp3) is 0.250. The summed E-state index contributed by atoms with van der Waals surface area (Å²) in [6.07, 6.45) is 0. The molecule has 2 aromatic rings. The van der Waals surface area contributed by atoms with Crippen LogP contribution in [0.4, 0.5) is 5.82 Å². The van der Waals surface area contributed by atoms with Crippen molar-refractivity contribution in [3.8, 4) is 22.6 Å². The van der Waals surface area contributed by atoms with Crippen LogP contribution in [-0.4, -0.2) is 22.7 Å². The van der Waals surface area contributed by atoms with Crippen molar-refractivity contribution in [3.05, 3.63) is 28.6 Å². The number of aromatic nitrogens is 1. The maximum atomic E-state index is 11.8. The van der Waals surface area contributed by atoms with Gasteiger partial charge in [-0.05, 0) is 25.3 Å². The number of thiophene rings is 1. The summed E-state index contributed by atoms with van der Waals surface area (Å²) < 4.78 is 0. The highest BCUT2D eigenvalue weighted by molar-refractivity contribution is 8.00. The number of hydrogen-bond donors (Lipinski definition) is 2.